The van der Waals surface area contributed by atoms with Gasteiger partial charge in [-0.15, -0.1) is 0 Å². The summed E-state index contributed by atoms with van der Waals surface area (Å²) in [5.74, 6) is 1.52. The SMILES string of the molecule is CCS(=O)(=O)CCCC(CCc1ccco1)NC. The van der Waals surface area contributed by atoms with Gasteiger partial charge in [0, 0.05) is 18.2 Å². The maximum Gasteiger partial charge on any atom is 0.150 e. The smallest absolute Gasteiger partial charge is 0.150 e. The Morgan fingerprint density at radius 2 is 2.17 bits per heavy atom. The first-order valence-electron chi connectivity index (χ1n) is 6.47. The summed E-state index contributed by atoms with van der Waals surface area (Å²) in [7, 11) is -0.910. The van der Waals surface area contributed by atoms with Crippen LogP contribution in [0.25, 0.3) is 0 Å². The highest BCUT2D eigenvalue weighted by Gasteiger charge is 2.11. The Morgan fingerprint density at radius 1 is 1.39 bits per heavy atom. The summed E-state index contributed by atoms with van der Waals surface area (Å²) in [6.45, 7) is 1.70. The molecule has 104 valence electrons. The van der Waals surface area contributed by atoms with Gasteiger partial charge in [0.15, 0.2) is 0 Å². The molecule has 0 radical (unpaired) electrons. The Balaban J connectivity index is 2.25. The molecule has 0 saturated heterocycles. The van der Waals surface area contributed by atoms with Crippen molar-refractivity contribution in [2.75, 3.05) is 18.6 Å². The molecule has 1 atom stereocenters. The lowest BCUT2D eigenvalue weighted by atomic mass is 10.1. The van der Waals surface area contributed by atoms with Crippen LogP contribution >= 0.6 is 0 Å². The van der Waals surface area contributed by atoms with Gasteiger partial charge in [-0.05, 0) is 38.4 Å². The molecular formula is C13H23NO3S. The molecule has 0 fully saturated rings. The van der Waals surface area contributed by atoms with Gasteiger partial charge < -0.3 is 9.73 Å². The predicted octanol–water partition coefficient (Wildman–Crippen LogP) is 2.02. The molecule has 1 rings (SSSR count). The second kappa shape index (κ2) is 7.59. The van der Waals surface area contributed by atoms with E-state index in [1.54, 1.807) is 13.2 Å². The first kappa shape index (κ1) is 15.2. The Labute approximate surface area is 110 Å². The minimum atomic E-state index is -2.83. The fraction of sp³-hybridized carbons (Fsp3) is 0.692. The highest BCUT2D eigenvalue weighted by molar-refractivity contribution is 7.91. The number of nitrogens with one attached hydrogen (secondary N) is 1. The molecule has 0 aliphatic rings. The van der Waals surface area contributed by atoms with Gasteiger partial charge in [-0.1, -0.05) is 6.92 Å². The molecule has 0 spiro atoms. The van der Waals surface area contributed by atoms with Gasteiger partial charge in [-0.3, -0.25) is 0 Å². The van der Waals surface area contributed by atoms with Crippen LogP contribution in [-0.2, 0) is 16.3 Å². The fourth-order valence-electron chi connectivity index (χ4n) is 1.90. The second-order valence-corrected chi connectivity index (χ2v) is 6.95. The van der Waals surface area contributed by atoms with E-state index >= 15 is 0 Å². The summed E-state index contributed by atoms with van der Waals surface area (Å²) in [6, 6.07) is 4.20. The van der Waals surface area contributed by atoms with E-state index in [0.717, 1.165) is 31.4 Å². The van der Waals surface area contributed by atoms with Gasteiger partial charge in [0.1, 0.15) is 15.6 Å². The van der Waals surface area contributed by atoms with Crippen molar-refractivity contribution < 1.29 is 12.8 Å². The average molecular weight is 273 g/mol. The zero-order valence-electron chi connectivity index (χ0n) is 11.2. The molecular weight excluding hydrogens is 250 g/mol. The molecule has 1 aromatic rings. The predicted molar refractivity (Wildman–Crippen MR) is 73.4 cm³/mol. The van der Waals surface area contributed by atoms with Gasteiger partial charge in [0.05, 0.1) is 12.0 Å². The lowest BCUT2D eigenvalue weighted by molar-refractivity contribution is 0.443. The van der Waals surface area contributed by atoms with Gasteiger partial charge in [-0.25, -0.2) is 8.42 Å². The summed E-state index contributed by atoms with van der Waals surface area (Å²) in [4.78, 5) is 0. The van der Waals surface area contributed by atoms with Gasteiger partial charge in [0.2, 0.25) is 0 Å². The highest BCUT2D eigenvalue weighted by atomic mass is 32.2. The summed E-state index contributed by atoms with van der Waals surface area (Å²) in [6.07, 6.45) is 5.14. The van der Waals surface area contributed by atoms with Crippen molar-refractivity contribution in [2.45, 2.75) is 38.6 Å². The zero-order valence-corrected chi connectivity index (χ0v) is 12.0. The molecule has 0 aliphatic carbocycles. The molecule has 1 aromatic heterocycles. The van der Waals surface area contributed by atoms with Crippen LogP contribution in [0.5, 0.6) is 0 Å². The van der Waals surface area contributed by atoms with Crippen LogP contribution in [0.1, 0.15) is 31.9 Å². The zero-order chi connectivity index (χ0) is 13.4. The monoisotopic (exact) mass is 273 g/mol. The van der Waals surface area contributed by atoms with Gasteiger partial charge in [0.25, 0.3) is 0 Å². The molecule has 18 heavy (non-hydrogen) atoms. The average Bonchev–Trinajstić information content (AvgIpc) is 2.86. The van der Waals surface area contributed by atoms with Crippen molar-refractivity contribution in [3.05, 3.63) is 24.2 Å². The van der Waals surface area contributed by atoms with Gasteiger partial charge in [-0.2, -0.15) is 0 Å². The summed E-state index contributed by atoms with van der Waals surface area (Å²) < 4.78 is 28.0. The van der Waals surface area contributed by atoms with Crippen molar-refractivity contribution in [1.29, 1.82) is 0 Å². The van der Waals surface area contributed by atoms with E-state index in [1.807, 2.05) is 19.2 Å². The third-order valence-corrected chi connectivity index (χ3v) is 4.97. The van der Waals surface area contributed by atoms with E-state index < -0.39 is 9.84 Å². The van der Waals surface area contributed by atoms with Crippen molar-refractivity contribution in [2.24, 2.45) is 0 Å². The first-order valence-corrected chi connectivity index (χ1v) is 8.29. The Hall–Kier alpha value is -0.810. The van der Waals surface area contributed by atoms with Crippen LogP contribution in [0, 0.1) is 0 Å². The van der Waals surface area contributed by atoms with E-state index in [2.05, 4.69) is 5.32 Å². The van der Waals surface area contributed by atoms with Crippen LogP contribution in [0.3, 0.4) is 0 Å². The van der Waals surface area contributed by atoms with Crippen LogP contribution < -0.4 is 5.32 Å². The standard InChI is InChI=1S/C13H23NO3S/c1-3-18(15,16)11-5-6-12(14-2)8-9-13-7-4-10-17-13/h4,7,10,12,14H,3,5-6,8-9,11H2,1-2H3. The Bertz CT molecular complexity index is 411. The van der Waals surface area contributed by atoms with E-state index in [9.17, 15) is 8.42 Å². The van der Waals surface area contributed by atoms with Crippen molar-refractivity contribution in [3.63, 3.8) is 0 Å². The van der Waals surface area contributed by atoms with E-state index in [0.29, 0.717) is 11.8 Å². The molecule has 0 bridgehead atoms. The minimum Gasteiger partial charge on any atom is -0.469 e. The fourth-order valence-corrected chi connectivity index (χ4v) is 2.79. The van der Waals surface area contributed by atoms with E-state index in [-0.39, 0.29) is 5.75 Å². The van der Waals surface area contributed by atoms with E-state index in [1.165, 1.54) is 0 Å². The number of hydrogen-bond acceptors (Lipinski definition) is 4. The maximum atomic E-state index is 11.4. The normalized spacial score (nSPS) is 13.7. The number of sulfone groups is 1. The van der Waals surface area contributed by atoms with Crippen LogP contribution in [-0.4, -0.2) is 33.0 Å². The van der Waals surface area contributed by atoms with Crippen molar-refractivity contribution in [3.8, 4) is 0 Å². The molecule has 1 heterocycles. The minimum absolute atomic E-state index is 0.240. The third kappa shape index (κ3) is 5.69. The molecule has 0 saturated carbocycles. The number of rotatable bonds is 9. The summed E-state index contributed by atoms with van der Waals surface area (Å²) >= 11 is 0. The summed E-state index contributed by atoms with van der Waals surface area (Å²) in [5, 5.41) is 3.23. The lowest BCUT2D eigenvalue weighted by Crippen LogP contribution is -2.26. The van der Waals surface area contributed by atoms with Gasteiger partial charge >= 0.3 is 0 Å². The van der Waals surface area contributed by atoms with Crippen molar-refractivity contribution in [1.82, 2.24) is 5.32 Å². The number of furan rings is 1. The molecule has 4 nitrogen and oxygen atoms in total. The topological polar surface area (TPSA) is 59.3 Å². The van der Waals surface area contributed by atoms with Crippen molar-refractivity contribution >= 4 is 9.84 Å². The van der Waals surface area contributed by atoms with Crippen LogP contribution in [0.4, 0.5) is 0 Å². The first-order chi connectivity index (χ1) is 8.57. The molecule has 0 aromatic carbocycles. The second-order valence-electron chi connectivity index (χ2n) is 4.48. The molecule has 0 amide bonds. The highest BCUT2D eigenvalue weighted by Crippen LogP contribution is 2.10. The maximum absolute atomic E-state index is 11.4. The van der Waals surface area contributed by atoms with Crippen LogP contribution in [0.15, 0.2) is 22.8 Å². The number of hydrogen-bond donors (Lipinski definition) is 1. The Morgan fingerprint density at radius 3 is 2.72 bits per heavy atom. The Kier molecular flexibility index (Phi) is 6.43. The lowest BCUT2D eigenvalue weighted by Gasteiger charge is -2.15. The largest absolute Gasteiger partial charge is 0.469 e. The molecule has 1 unspecified atom stereocenters. The number of aryl methyl sites for hydroxylation is 1. The quantitative estimate of drug-likeness (QED) is 0.748. The summed E-state index contributed by atoms with van der Waals surface area (Å²) in [5.41, 5.74) is 0. The third-order valence-electron chi connectivity index (χ3n) is 3.18. The molecule has 1 N–H and O–H groups in total. The molecule has 5 heteroatoms. The van der Waals surface area contributed by atoms with Crippen LogP contribution in [0.2, 0.25) is 0 Å². The van der Waals surface area contributed by atoms with E-state index in [4.69, 9.17) is 4.42 Å². The molecule has 0 aliphatic heterocycles.